The Balaban J connectivity index is 2.13. The molecule has 2 heterocycles. The van der Waals surface area contributed by atoms with Gasteiger partial charge in [-0.1, -0.05) is 13.3 Å². The SMILES string of the molecule is CCCC1CCN(c2nccc(CCl)c2F)C1. The van der Waals surface area contributed by atoms with Crippen molar-refractivity contribution in [2.24, 2.45) is 5.92 Å². The minimum atomic E-state index is -0.250. The van der Waals surface area contributed by atoms with Crippen LogP contribution in [0.15, 0.2) is 12.3 Å². The van der Waals surface area contributed by atoms with Crippen molar-refractivity contribution in [1.29, 1.82) is 0 Å². The quantitative estimate of drug-likeness (QED) is 0.766. The zero-order valence-electron chi connectivity index (χ0n) is 10.1. The number of nitrogens with zero attached hydrogens (tertiary/aromatic N) is 2. The van der Waals surface area contributed by atoms with Gasteiger partial charge < -0.3 is 4.90 Å². The van der Waals surface area contributed by atoms with Crippen molar-refractivity contribution in [2.75, 3.05) is 18.0 Å². The van der Waals surface area contributed by atoms with E-state index in [4.69, 9.17) is 11.6 Å². The maximum absolute atomic E-state index is 14.0. The van der Waals surface area contributed by atoms with Crippen molar-refractivity contribution in [3.63, 3.8) is 0 Å². The van der Waals surface area contributed by atoms with Crippen molar-refractivity contribution >= 4 is 17.4 Å². The molecule has 1 aliphatic heterocycles. The fourth-order valence-electron chi connectivity index (χ4n) is 2.46. The lowest BCUT2D eigenvalue weighted by Gasteiger charge is -2.18. The van der Waals surface area contributed by atoms with Crippen LogP contribution in [0.1, 0.15) is 31.7 Å². The van der Waals surface area contributed by atoms with Gasteiger partial charge in [0.1, 0.15) is 0 Å². The van der Waals surface area contributed by atoms with Crippen LogP contribution in [0.4, 0.5) is 10.2 Å². The third-order valence-electron chi connectivity index (χ3n) is 3.38. The Morgan fingerprint density at radius 2 is 2.41 bits per heavy atom. The highest BCUT2D eigenvalue weighted by molar-refractivity contribution is 6.17. The molecule has 17 heavy (non-hydrogen) atoms. The number of pyridine rings is 1. The highest BCUT2D eigenvalue weighted by Gasteiger charge is 2.25. The average molecular weight is 257 g/mol. The minimum Gasteiger partial charge on any atom is -0.354 e. The molecule has 1 fully saturated rings. The first-order valence-electron chi connectivity index (χ1n) is 6.20. The van der Waals surface area contributed by atoms with Crippen LogP contribution in [0, 0.1) is 11.7 Å². The monoisotopic (exact) mass is 256 g/mol. The normalized spacial score (nSPS) is 19.9. The Morgan fingerprint density at radius 3 is 3.12 bits per heavy atom. The molecule has 0 amide bonds. The van der Waals surface area contributed by atoms with Crippen LogP contribution in [0.25, 0.3) is 0 Å². The first kappa shape index (κ1) is 12.6. The summed E-state index contributed by atoms with van der Waals surface area (Å²) in [5.74, 6) is 1.11. The van der Waals surface area contributed by atoms with Crippen LogP contribution < -0.4 is 4.90 Å². The van der Waals surface area contributed by atoms with Crippen molar-refractivity contribution < 1.29 is 4.39 Å². The van der Waals surface area contributed by atoms with Gasteiger partial charge in [0.25, 0.3) is 0 Å². The van der Waals surface area contributed by atoms with Crippen LogP contribution >= 0.6 is 11.6 Å². The van der Waals surface area contributed by atoms with E-state index >= 15 is 0 Å². The molecule has 4 heteroatoms. The lowest BCUT2D eigenvalue weighted by Crippen LogP contribution is -2.22. The molecule has 0 bridgehead atoms. The first-order valence-corrected chi connectivity index (χ1v) is 6.74. The van der Waals surface area contributed by atoms with Crippen molar-refractivity contribution in [3.8, 4) is 0 Å². The summed E-state index contributed by atoms with van der Waals surface area (Å²) in [6.07, 6.45) is 5.19. The maximum Gasteiger partial charge on any atom is 0.170 e. The summed E-state index contributed by atoms with van der Waals surface area (Å²) in [6, 6.07) is 1.64. The Kier molecular flexibility index (Phi) is 4.21. The molecule has 1 atom stereocenters. The summed E-state index contributed by atoms with van der Waals surface area (Å²) in [5, 5.41) is 0. The third-order valence-corrected chi connectivity index (χ3v) is 3.66. The third kappa shape index (κ3) is 2.71. The number of rotatable bonds is 4. The molecule has 1 saturated heterocycles. The van der Waals surface area contributed by atoms with Gasteiger partial charge in [-0.15, -0.1) is 11.6 Å². The number of halogens is 2. The first-order chi connectivity index (χ1) is 8.26. The van der Waals surface area contributed by atoms with E-state index in [1.54, 1.807) is 12.3 Å². The Bertz CT molecular complexity index is 384. The fraction of sp³-hybridized carbons (Fsp3) is 0.615. The molecule has 0 aromatic carbocycles. The van der Waals surface area contributed by atoms with E-state index in [1.807, 2.05) is 4.90 Å². The largest absolute Gasteiger partial charge is 0.354 e. The standard InChI is InChI=1S/C13H18ClFN2/c1-2-3-10-5-7-17(9-10)13-12(15)11(8-14)4-6-16-13/h4,6,10H,2-3,5,7-9H2,1H3. The van der Waals surface area contributed by atoms with E-state index in [0.29, 0.717) is 17.3 Å². The maximum atomic E-state index is 14.0. The van der Waals surface area contributed by atoms with Gasteiger partial charge in [-0.2, -0.15) is 0 Å². The van der Waals surface area contributed by atoms with Gasteiger partial charge in [0.2, 0.25) is 0 Å². The predicted octanol–water partition coefficient (Wildman–Crippen LogP) is 3.59. The van der Waals surface area contributed by atoms with Crippen molar-refractivity contribution in [3.05, 3.63) is 23.6 Å². The number of anilines is 1. The number of alkyl halides is 1. The molecular weight excluding hydrogens is 239 g/mol. The Morgan fingerprint density at radius 1 is 1.59 bits per heavy atom. The molecule has 0 N–H and O–H groups in total. The summed E-state index contributed by atoms with van der Waals surface area (Å²) < 4.78 is 14.0. The predicted molar refractivity (Wildman–Crippen MR) is 69.0 cm³/mol. The zero-order valence-corrected chi connectivity index (χ0v) is 10.9. The molecule has 0 saturated carbocycles. The van der Waals surface area contributed by atoms with E-state index < -0.39 is 0 Å². The molecule has 2 nitrogen and oxygen atoms in total. The van der Waals surface area contributed by atoms with Gasteiger partial charge in [0.05, 0.1) is 5.88 Å². The molecule has 1 aliphatic rings. The topological polar surface area (TPSA) is 16.1 Å². The van der Waals surface area contributed by atoms with Crippen molar-refractivity contribution in [1.82, 2.24) is 4.98 Å². The Hall–Kier alpha value is -0.830. The molecular formula is C13H18ClFN2. The second-order valence-corrected chi connectivity index (χ2v) is 4.90. The molecule has 1 aromatic heterocycles. The smallest absolute Gasteiger partial charge is 0.170 e. The Labute approximate surface area is 107 Å². The van der Waals surface area contributed by atoms with E-state index in [2.05, 4.69) is 11.9 Å². The van der Waals surface area contributed by atoms with E-state index in [-0.39, 0.29) is 11.7 Å². The van der Waals surface area contributed by atoms with Gasteiger partial charge >= 0.3 is 0 Å². The molecule has 2 rings (SSSR count). The lowest BCUT2D eigenvalue weighted by molar-refractivity contribution is 0.528. The number of hydrogen-bond acceptors (Lipinski definition) is 2. The second-order valence-electron chi connectivity index (χ2n) is 4.63. The second kappa shape index (κ2) is 5.67. The van der Waals surface area contributed by atoms with Crippen molar-refractivity contribution in [2.45, 2.75) is 32.1 Å². The molecule has 1 aromatic rings. The van der Waals surface area contributed by atoms with Gasteiger partial charge in [0.15, 0.2) is 11.6 Å². The highest BCUT2D eigenvalue weighted by atomic mass is 35.5. The van der Waals surface area contributed by atoms with E-state index in [9.17, 15) is 4.39 Å². The van der Waals surface area contributed by atoms with Crippen LogP contribution in [0.3, 0.4) is 0 Å². The zero-order chi connectivity index (χ0) is 12.3. The van der Waals surface area contributed by atoms with Crippen LogP contribution in [-0.2, 0) is 5.88 Å². The number of aromatic nitrogens is 1. The van der Waals surface area contributed by atoms with E-state index in [1.165, 1.54) is 12.8 Å². The lowest BCUT2D eigenvalue weighted by atomic mass is 10.0. The van der Waals surface area contributed by atoms with Crippen LogP contribution in [0.2, 0.25) is 0 Å². The summed E-state index contributed by atoms with van der Waals surface area (Å²) in [5.41, 5.74) is 0.538. The van der Waals surface area contributed by atoms with Crippen LogP contribution in [-0.4, -0.2) is 18.1 Å². The fourth-order valence-corrected chi connectivity index (χ4v) is 2.67. The summed E-state index contributed by atoms with van der Waals surface area (Å²) in [4.78, 5) is 6.20. The average Bonchev–Trinajstić information content (AvgIpc) is 2.78. The van der Waals surface area contributed by atoms with Gasteiger partial charge in [-0.05, 0) is 24.8 Å². The summed E-state index contributed by atoms with van der Waals surface area (Å²) in [6.45, 7) is 4.01. The molecule has 1 unspecified atom stereocenters. The highest BCUT2D eigenvalue weighted by Crippen LogP contribution is 2.28. The molecule has 0 spiro atoms. The molecule has 0 aliphatic carbocycles. The van der Waals surface area contributed by atoms with E-state index in [0.717, 1.165) is 19.5 Å². The van der Waals surface area contributed by atoms with Gasteiger partial charge in [-0.25, -0.2) is 9.37 Å². The summed E-state index contributed by atoms with van der Waals surface area (Å²) in [7, 11) is 0. The summed E-state index contributed by atoms with van der Waals surface area (Å²) >= 11 is 5.70. The number of hydrogen-bond donors (Lipinski definition) is 0. The molecule has 94 valence electrons. The minimum absolute atomic E-state index is 0.202. The van der Waals surface area contributed by atoms with Crippen LogP contribution in [0.5, 0.6) is 0 Å². The van der Waals surface area contributed by atoms with Gasteiger partial charge in [-0.3, -0.25) is 0 Å². The van der Waals surface area contributed by atoms with Gasteiger partial charge in [0, 0.05) is 24.8 Å². The molecule has 0 radical (unpaired) electrons.